The van der Waals surface area contributed by atoms with Gasteiger partial charge >= 0.3 is 0 Å². The molecule has 0 aromatic rings. The van der Waals surface area contributed by atoms with Crippen LogP contribution < -0.4 is 5.32 Å². The van der Waals surface area contributed by atoms with Gasteiger partial charge in [-0.15, -0.1) is 0 Å². The smallest absolute Gasteiger partial charge is 0.229 e. The first kappa shape index (κ1) is 11.3. The SMILES string of the molecule is O=C(NC1=NCCS1)C1C2CC3CC(C2)CC1C3. The van der Waals surface area contributed by atoms with Gasteiger partial charge in [-0.2, -0.15) is 0 Å². The standard InChI is InChI=1S/C14H20N2OS/c17-13(16-14-15-1-2-18-14)12-10-4-8-3-9(6-10)7-11(12)5-8/h8-12H,1-7H2,(H,15,16,17). The van der Waals surface area contributed by atoms with Crippen LogP contribution in [0.5, 0.6) is 0 Å². The van der Waals surface area contributed by atoms with Crippen molar-refractivity contribution >= 4 is 22.8 Å². The number of nitrogens with zero attached hydrogens (tertiary/aromatic N) is 1. The van der Waals surface area contributed by atoms with Gasteiger partial charge in [0, 0.05) is 11.7 Å². The molecule has 4 fully saturated rings. The number of hydrogen-bond acceptors (Lipinski definition) is 3. The highest BCUT2D eigenvalue weighted by Gasteiger charge is 2.50. The van der Waals surface area contributed by atoms with Gasteiger partial charge < -0.3 is 5.32 Å². The summed E-state index contributed by atoms with van der Waals surface area (Å²) in [5.41, 5.74) is 0. The third-order valence-corrected chi connectivity index (χ3v) is 6.24. The number of thioether (sulfide) groups is 1. The second-order valence-electron chi connectivity index (χ2n) is 6.48. The summed E-state index contributed by atoms with van der Waals surface area (Å²) in [6.45, 7) is 0.863. The Morgan fingerprint density at radius 2 is 1.78 bits per heavy atom. The summed E-state index contributed by atoms with van der Waals surface area (Å²) in [5.74, 6) is 4.82. The number of nitrogens with one attached hydrogen (secondary N) is 1. The monoisotopic (exact) mass is 264 g/mol. The van der Waals surface area contributed by atoms with Crippen molar-refractivity contribution in [1.82, 2.24) is 5.32 Å². The second-order valence-corrected chi connectivity index (χ2v) is 7.56. The summed E-state index contributed by atoms with van der Waals surface area (Å²) in [5, 5.41) is 3.95. The maximum absolute atomic E-state index is 12.5. The lowest BCUT2D eigenvalue weighted by Crippen LogP contribution is -2.51. The van der Waals surface area contributed by atoms with Crippen LogP contribution in [0.3, 0.4) is 0 Å². The molecule has 4 saturated carbocycles. The van der Waals surface area contributed by atoms with E-state index in [9.17, 15) is 4.79 Å². The molecule has 98 valence electrons. The average Bonchev–Trinajstić information content (AvgIpc) is 2.80. The van der Waals surface area contributed by atoms with Crippen LogP contribution in [0.15, 0.2) is 4.99 Å². The number of amides is 1. The maximum atomic E-state index is 12.5. The van der Waals surface area contributed by atoms with Gasteiger partial charge in [-0.3, -0.25) is 9.79 Å². The molecular weight excluding hydrogens is 244 g/mol. The lowest BCUT2D eigenvalue weighted by Gasteiger charge is -2.53. The fraction of sp³-hybridized carbons (Fsp3) is 0.857. The van der Waals surface area contributed by atoms with Crippen molar-refractivity contribution in [2.45, 2.75) is 32.1 Å². The highest BCUT2D eigenvalue weighted by molar-refractivity contribution is 8.14. The molecule has 0 radical (unpaired) electrons. The Hall–Kier alpha value is -0.510. The molecule has 4 aliphatic carbocycles. The molecule has 1 amide bonds. The molecule has 0 aromatic carbocycles. The van der Waals surface area contributed by atoms with Crippen LogP contribution in [0.2, 0.25) is 0 Å². The molecule has 0 saturated heterocycles. The highest BCUT2D eigenvalue weighted by Crippen LogP contribution is 2.56. The van der Waals surface area contributed by atoms with Crippen LogP contribution in [0.4, 0.5) is 0 Å². The largest absolute Gasteiger partial charge is 0.305 e. The van der Waals surface area contributed by atoms with Gasteiger partial charge in [0.15, 0.2) is 5.17 Å². The van der Waals surface area contributed by atoms with Gasteiger partial charge in [0.2, 0.25) is 5.91 Å². The summed E-state index contributed by atoms with van der Waals surface area (Å²) in [6.07, 6.45) is 6.69. The number of carbonyl (C=O) groups excluding carboxylic acids is 1. The molecule has 18 heavy (non-hydrogen) atoms. The minimum absolute atomic E-state index is 0.275. The first-order valence-electron chi connectivity index (χ1n) is 7.27. The van der Waals surface area contributed by atoms with Gasteiger partial charge in [0.1, 0.15) is 0 Å². The molecule has 0 atom stereocenters. The zero-order valence-electron chi connectivity index (χ0n) is 10.6. The van der Waals surface area contributed by atoms with Crippen molar-refractivity contribution in [1.29, 1.82) is 0 Å². The molecule has 4 heteroatoms. The van der Waals surface area contributed by atoms with E-state index in [2.05, 4.69) is 10.3 Å². The van der Waals surface area contributed by atoms with E-state index in [4.69, 9.17) is 0 Å². The number of carbonyl (C=O) groups is 1. The fourth-order valence-corrected chi connectivity index (χ4v) is 5.68. The molecule has 4 bridgehead atoms. The van der Waals surface area contributed by atoms with Crippen molar-refractivity contribution in [3.63, 3.8) is 0 Å². The van der Waals surface area contributed by atoms with E-state index in [0.717, 1.165) is 29.3 Å². The predicted octanol–water partition coefficient (Wildman–Crippen LogP) is 2.28. The Kier molecular flexibility index (Phi) is 2.68. The summed E-state index contributed by atoms with van der Waals surface area (Å²) < 4.78 is 0. The van der Waals surface area contributed by atoms with Crippen molar-refractivity contribution in [3.8, 4) is 0 Å². The average molecular weight is 264 g/mol. The Bertz CT molecular complexity index is 379. The zero-order chi connectivity index (χ0) is 12.1. The molecule has 1 heterocycles. The van der Waals surface area contributed by atoms with Gasteiger partial charge in [0.25, 0.3) is 0 Å². The first-order valence-corrected chi connectivity index (χ1v) is 8.26. The Labute approximate surface area is 112 Å². The zero-order valence-corrected chi connectivity index (χ0v) is 11.4. The van der Waals surface area contributed by atoms with Crippen LogP contribution in [0, 0.1) is 29.6 Å². The first-order chi connectivity index (χ1) is 8.79. The number of amidine groups is 1. The molecule has 5 rings (SSSR count). The molecular formula is C14H20N2OS. The molecule has 0 aromatic heterocycles. The van der Waals surface area contributed by atoms with Crippen LogP contribution >= 0.6 is 11.8 Å². The highest BCUT2D eigenvalue weighted by atomic mass is 32.2. The van der Waals surface area contributed by atoms with Crippen molar-refractivity contribution < 1.29 is 4.79 Å². The van der Waals surface area contributed by atoms with Crippen molar-refractivity contribution in [2.24, 2.45) is 34.6 Å². The van der Waals surface area contributed by atoms with Crippen molar-refractivity contribution in [3.05, 3.63) is 0 Å². The van der Waals surface area contributed by atoms with E-state index < -0.39 is 0 Å². The van der Waals surface area contributed by atoms with E-state index in [0.29, 0.717) is 17.8 Å². The summed E-state index contributed by atoms with van der Waals surface area (Å²) in [7, 11) is 0. The number of aliphatic imine (C=N–C) groups is 1. The summed E-state index contributed by atoms with van der Waals surface area (Å²) >= 11 is 1.69. The normalized spacial score (nSPS) is 45.1. The van der Waals surface area contributed by atoms with E-state index >= 15 is 0 Å². The van der Waals surface area contributed by atoms with Gasteiger partial charge in [-0.1, -0.05) is 11.8 Å². The predicted molar refractivity (Wildman–Crippen MR) is 73.4 cm³/mol. The third kappa shape index (κ3) is 1.80. The molecule has 1 N–H and O–H groups in total. The van der Waals surface area contributed by atoms with E-state index in [1.807, 2.05) is 0 Å². The quantitative estimate of drug-likeness (QED) is 0.789. The molecule has 3 nitrogen and oxygen atoms in total. The lowest BCUT2D eigenvalue weighted by molar-refractivity contribution is -0.136. The van der Waals surface area contributed by atoms with Crippen LogP contribution in [-0.4, -0.2) is 23.4 Å². The molecule has 0 unspecified atom stereocenters. The Balaban J connectivity index is 1.49. The maximum Gasteiger partial charge on any atom is 0.229 e. The van der Waals surface area contributed by atoms with Gasteiger partial charge in [-0.05, 0) is 55.8 Å². The van der Waals surface area contributed by atoms with Gasteiger partial charge in [0.05, 0.1) is 6.54 Å². The van der Waals surface area contributed by atoms with E-state index in [1.165, 1.54) is 32.1 Å². The number of rotatable bonds is 1. The Morgan fingerprint density at radius 1 is 1.11 bits per heavy atom. The number of hydrogen-bond donors (Lipinski definition) is 1. The fourth-order valence-electron chi connectivity index (χ4n) is 4.95. The summed E-state index contributed by atoms with van der Waals surface area (Å²) in [4.78, 5) is 16.8. The minimum atomic E-state index is 0.275. The van der Waals surface area contributed by atoms with Gasteiger partial charge in [-0.25, -0.2) is 0 Å². The van der Waals surface area contributed by atoms with Crippen molar-refractivity contribution in [2.75, 3.05) is 12.3 Å². The van der Waals surface area contributed by atoms with E-state index in [1.54, 1.807) is 11.8 Å². The lowest BCUT2D eigenvalue weighted by atomic mass is 9.51. The molecule has 0 spiro atoms. The Morgan fingerprint density at radius 3 is 2.33 bits per heavy atom. The van der Waals surface area contributed by atoms with Crippen LogP contribution in [0.1, 0.15) is 32.1 Å². The molecule has 5 aliphatic rings. The third-order valence-electron chi connectivity index (χ3n) is 5.35. The van der Waals surface area contributed by atoms with E-state index in [-0.39, 0.29) is 5.91 Å². The minimum Gasteiger partial charge on any atom is -0.305 e. The topological polar surface area (TPSA) is 41.5 Å². The molecule has 1 aliphatic heterocycles. The second kappa shape index (κ2) is 4.26. The van der Waals surface area contributed by atoms with Crippen LogP contribution in [-0.2, 0) is 4.79 Å². The summed E-state index contributed by atoms with van der Waals surface area (Å²) in [6, 6.07) is 0. The van der Waals surface area contributed by atoms with Crippen LogP contribution in [0.25, 0.3) is 0 Å².